The molecule has 0 amide bonds. The number of alkyl halides is 2. The largest absolute Gasteiger partial charge is 0.497 e. The highest BCUT2D eigenvalue weighted by Gasteiger charge is 2.12. The number of halogens is 4. The van der Waals surface area contributed by atoms with Gasteiger partial charge in [0.15, 0.2) is 5.96 Å². The molecule has 2 rings (SSSR count). The number of benzene rings is 2. The first-order chi connectivity index (χ1) is 13.5. The molecule has 0 aliphatic heterocycles. The molecule has 0 aliphatic rings. The molecule has 0 saturated carbocycles. The van der Waals surface area contributed by atoms with Crippen LogP contribution in [-0.2, 0) is 13.1 Å². The normalized spacial score (nSPS) is 10.7. The standard InChI is InChI=1S/C19H19F3N4O2.HI/c1-24-19(25-10-13-4-3-12(9-23)7-16(13)20)26-11-14-8-15(27-2)5-6-17(14)28-18(21)22;/h3-8,18H,10-11H2,1-2H3,(H2,24,25,26);1H. The third-order valence-electron chi connectivity index (χ3n) is 3.78. The van der Waals surface area contributed by atoms with Gasteiger partial charge in [-0.1, -0.05) is 6.07 Å². The molecule has 0 unspecified atom stereocenters. The van der Waals surface area contributed by atoms with Gasteiger partial charge in [-0.25, -0.2) is 4.39 Å². The van der Waals surface area contributed by atoms with Crippen molar-refractivity contribution >= 4 is 29.9 Å². The molecule has 2 aromatic rings. The fourth-order valence-electron chi connectivity index (χ4n) is 2.37. The van der Waals surface area contributed by atoms with Crippen LogP contribution in [-0.4, -0.2) is 26.7 Å². The molecular formula is C19H20F3IN4O2. The van der Waals surface area contributed by atoms with E-state index < -0.39 is 12.4 Å². The van der Waals surface area contributed by atoms with Gasteiger partial charge >= 0.3 is 6.61 Å². The molecule has 156 valence electrons. The maximum Gasteiger partial charge on any atom is 0.387 e. The van der Waals surface area contributed by atoms with Crippen LogP contribution in [0.5, 0.6) is 11.5 Å². The van der Waals surface area contributed by atoms with E-state index in [1.165, 1.54) is 38.4 Å². The van der Waals surface area contributed by atoms with E-state index in [2.05, 4.69) is 20.4 Å². The zero-order valence-corrected chi connectivity index (χ0v) is 18.0. The van der Waals surface area contributed by atoms with Crippen molar-refractivity contribution in [1.82, 2.24) is 10.6 Å². The summed E-state index contributed by atoms with van der Waals surface area (Å²) in [5.41, 5.74) is 1.02. The molecule has 0 bridgehead atoms. The predicted octanol–water partition coefficient (Wildman–Crippen LogP) is 3.79. The molecule has 0 spiro atoms. The summed E-state index contributed by atoms with van der Waals surface area (Å²) in [6, 6.07) is 10.5. The number of guanidine groups is 1. The Hall–Kier alpha value is -2.68. The first-order valence-electron chi connectivity index (χ1n) is 8.21. The number of aliphatic imine (C=N–C) groups is 1. The molecule has 10 heteroatoms. The van der Waals surface area contributed by atoms with Crippen molar-refractivity contribution in [3.63, 3.8) is 0 Å². The van der Waals surface area contributed by atoms with E-state index >= 15 is 0 Å². The highest BCUT2D eigenvalue weighted by molar-refractivity contribution is 14.0. The maximum atomic E-state index is 13.9. The second kappa shape index (κ2) is 12.0. The van der Waals surface area contributed by atoms with Crippen molar-refractivity contribution in [3.8, 4) is 17.6 Å². The second-order valence-corrected chi connectivity index (χ2v) is 5.55. The van der Waals surface area contributed by atoms with Crippen molar-refractivity contribution in [2.24, 2.45) is 4.99 Å². The zero-order valence-electron chi connectivity index (χ0n) is 15.7. The summed E-state index contributed by atoms with van der Waals surface area (Å²) in [6.45, 7) is -2.71. The minimum atomic E-state index is -2.95. The van der Waals surface area contributed by atoms with E-state index in [-0.39, 0.29) is 48.4 Å². The molecule has 0 saturated heterocycles. The molecule has 29 heavy (non-hydrogen) atoms. The fourth-order valence-corrected chi connectivity index (χ4v) is 2.37. The van der Waals surface area contributed by atoms with Gasteiger partial charge in [0.2, 0.25) is 0 Å². The SMILES string of the molecule is CN=C(NCc1ccc(C#N)cc1F)NCc1cc(OC)ccc1OC(F)F.I. The summed E-state index contributed by atoms with van der Waals surface area (Å²) in [7, 11) is 2.99. The van der Waals surface area contributed by atoms with E-state index in [1.54, 1.807) is 6.07 Å². The lowest BCUT2D eigenvalue weighted by molar-refractivity contribution is -0.0504. The van der Waals surface area contributed by atoms with Crippen molar-refractivity contribution in [1.29, 1.82) is 5.26 Å². The number of ether oxygens (including phenoxy) is 2. The number of nitriles is 1. The van der Waals surface area contributed by atoms with Gasteiger partial charge in [-0.3, -0.25) is 4.99 Å². The van der Waals surface area contributed by atoms with Crippen LogP contribution in [0.1, 0.15) is 16.7 Å². The second-order valence-electron chi connectivity index (χ2n) is 5.55. The number of rotatable bonds is 7. The topological polar surface area (TPSA) is 78.7 Å². The Balaban J connectivity index is 0.00000420. The summed E-state index contributed by atoms with van der Waals surface area (Å²) < 4.78 is 48.7. The van der Waals surface area contributed by atoms with Gasteiger partial charge in [-0.2, -0.15) is 14.0 Å². The molecule has 6 nitrogen and oxygen atoms in total. The highest BCUT2D eigenvalue weighted by Crippen LogP contribution is 2.25. The van der Waals surface area contributed by atoms with Crippen LogP contribution in [0, 0.1) is 17.1 Å². The number of nitrogens with one attached hydrogen (secondary N) is 2. The maximum absolute atomic E-state index is 13.9. The van der Waals surface area contributed by atoms with Crippen LogP contribution in [0.15, 0.2) is 41.4 Å². The molecular weight excluding hydrogens is 500 g/mol. The van der Waals surface area contributed by atoms with Gasteiger partial charge in [0.05, 0.1) is 18.7 Å². The van der Waals surface area contributed by atoms with Gasteiger partial charge in [0, 0.05) is 31.3 Å². The number of hydrogen-bond donors (Lipinski definition) is 2. The van der Waals surface area contributed by atoms with Gasteiger partial charge in [0.1, 0.15) is 17.3 Å². The average molecular weight is 520 g/mol. The molecule has 0 aliphatic carbocycles. The van der Waals surface area contributed by atoms with E-state index in [1.807, 2.05) is 6.07 Å². The molecule has 0 atom stereocenters. The minimum Gasteiger partial charge on any atom is -0.497 e. The van der Waals surface area contributed by atoms with Crippen LogP contribution in [0.3, 0.4) is 0 Å². The van der Waals surface area contributed by atoms with Crippen LogP contribution in [0.2, 0.25) is 0 Å². The molecule has 0 aromatic heterocycles. The Kier molecular flexibility index (Phi) is 10.1. The monoisotopic (exact) mass is 520 g/mol. The van der Waals surface area contributed by atoms with Gasteiger partial charge < -0.3 is 20.1 Å². The summed E-state index contributed by atoms with van der Waals surface area (Å²) >= 11 is 0. The van der Waals surface area contributed by atoms with Crippen LogP contribution >= 0.6 is 24.0 Å². The molecule has 0 heterocycles. The molecule has 0 radical (unpaired) electrons. The van der Waals surface area contributed by atoms with E-state index in [0.29, 0.717) is 22.8 Å². The number of nitrogens with zero attached hydrogens (tertiary/aromatic N) is 2. The van der Waals surface area contributed by atoms with Crippen molar-refractivity contribution < 1.29 is 22.6 Å². The third kappa shape index (κ3) is 7.34. The number of hydrogen-bond acceptors (Lipinski definition) is 4. The highest BCUT2D eigenvalue weighted by atomic mass is 127. The van der Waals surface area contributed by atoms with Crippen LogP contribution < -0.4 is 20.1 Å². The molecule has 2 aromatic carbocycles. The first kappa shape index (κ1) is 24.4. The van der Waals surface area contributed by atoms with Crippen LogP contribution in [0.25, 0.3) is 0 Å². The fraction of sp³-hybridized carbons (Fsp3) is 0.263. The predicted molar refractivity (Wildman–Crippen MR) is 113 cm³/mol. The van der Waals surface area contributed by atoms with Crippen LogP contribution in [0.4, 0.5) is 13.2 Å². The lowest BCUT2D eigenvalue weighted by Crippen LogP contribution is -2.36. The Morgan fingerprint density at radius 2 is 1.83 bits per heavy atom. The summed E-state index contributed by atoms with van der Waals surface area (Å²) in [5, 5.41) is 14.6. The summed E-state index contributed by atoms with van der Waals surface area (Å²) in [4.78, 5) is 4.01. The quantitative estimate of drug-likeness (QED) is 0.330. The molecule has 2 N–H and O–H groups in total. The Morgan fingerprint density at radius 1 is 1.14 bits per heavy atom. The number of methoxy groups -OCH3 is 1. The smallest absolute Gasteiger partial charge is 0.387 e. The summed E-state index contributed by atoms with van der Waals surface area (Å²) in [5.74, 6) is 0.315. The molecule has 0 fully saturated rings. The Morgan fingerprint density at radius 3 is 2.38 bits per heavy atom. The van der Waals surface area contributed by atoms with Gasteiger partial charge in [-0.05, 0) is 30.3 Å². The van der Waals surface area contributed by atoms with E-state index in [4.69, 9.17) is 10.00 Å². The van der Waals surface area contributed by atoms with Crippen molar-refractivity contribution in [2.45, 2.75) is 19.7 Å². The lowest BCUT2D eigenvalue weighted by atomic mass is 10.1. The lowest BCUT2D eigenvalue weighted by Gasteiger charge is -2.15. The van der Waals surface area contributed by atoms with Crippen molar-refractivity contribution in [2.75, 3.05) is 14.2 Å². The zero-order chi connectivity index (χ0) is 20.5. The first-order valence-corrected chi connectivity index (χ1v) is 8.21. The van der Waals surface area contributed by atoms with Gasteiger partial charge in [-0.15, -0.1) is 24.0 Å². The Bertz CT molecular complexity index is 888. The van der Waals surface area contributed by atoms with E-state index in [0.717, 1.165) is 6.07 Å². The van der Waals surface area contributed by atoms with Gasteiger partial charge in [0.25, 0.3) is 0 Å². The summed E-state index contributed by atoms with van der Waals surface area (Å²) in [6.07, 6.45) is 0. The third-order valence-corrected chi connectivity index (χ3v) is 3.78. The average Bonchev–Trinajstić information content (AvgIpc) is 2.69. The van der Waals surface area contributed by atoms with Crippen molar-refractivity contribution in [3.05, 3.63) is 58.9 Å². The Labute approximate surface area is 183 Å². The minimum absolute atomic E-state index is 0. The van der Waals surface area contributed by atoms with E-state index in [9.17, 15) is 13.2 Å².